The Morgan fingerprint density at radius 2 is 1.53 bits per heavy atom. The van der Waals surface area contributed by atoms with Gasteiger partial charge in [0.25, 0.3) is 0 Å². The molecule has 71 valence electrons. The molecule has 0 fully saturated rings. The van der Waals surface area contributed by atoms with E-state index in [0.717, 1.165) is 0 Å². The Balaban J connectivity index is 2.33. The van der Waals surface area contributed by atoms with E-state index in [9.17, 15) is 0 Å². The highest BCUT2D eigenvalue weighted by Crippen LogP contribution is 2.36. The van der Waals surface area contributed by atoms with Gasteiger partial charge in [-0.3, -0.25) is 0 Å². The smallest absolute Gasteiger partial charge is 0.0195 e. The Bertz CT molecular complexity index is 526. The Morgan fingerprint density at radius 3 is 2.47 bits per heavy atom. The molecule has 0 atom stereocenters. The molecule has 1 radical (unpaired) electrons. The zero-order chi connectivity index (χ0) is 10.1. The molecule has 0 unspecified atom stereocenters. The van der Waals surface area contributed by atoms with E-state index in [1.54, 1.807) is 11.8 Å². The lowest BCUT2D eigenvalue weighted by atomic mass is 10.00. The van der Waals surface area contributed by atoms with E-state index in [-0.39, 0.29) is 0 Å². The molecule has 1 aliphatic heterocycles. The van der Waals surface area contributed by atoms with Crippen LogP contribution in [0.4, 0.5) is 0 Å². The third kappa shape index (κ3) is 1.49. The van der Waals surface area contributed by atoms with Crippen LogP contribution in [0.25, 0.3) is 11.1 Å². The summed E-state index contributed by atoms with van der Waals surface area (Å²) in [7, 11) is 0. The molecule has 0 saturated carbocycles. The van der Waals surface area contributed by atoms with E-state index in [1.165, 1.54) is 21.6 Å². The van der Waals surface area contributed by atoms with E-state index in [4.69, 9.17) is 0 Å². The predicted molar refractivity (Wildman–Crippen MR) is 64.7 cm³/mol. The predicted octanol–water partition coefficient (Wildman–Crippen LogP) is 4.12. The summed E-state index contributed by atoms with van der Waals surface area (Å²) in [6.07, 6.45) is 3.31. The highest BCUT2D eigenvalue weighted by molar-refractivity contribution is 8.02. The summed E-state index contributed by atoms with van der Waals surface area (Å²) in [6, 6.07) is 16.9. The van der Waals surface area contributed by atoms with E-state index in [1.807, 2.05) is 5.41 Å². The number of rotatable bonds is 0. The first-order chi connectivity index (χ1) is 7.45. The Labute approximate surface area is 93.6 Å². The summed E-state index contributed by atoms with van der Waals surface area (Å²) in [6.45, 7) is 0. The van der Waals surface area contributed by atoms with Gasteiger partial charge in [-0.05, 0) is 34.2 Å². The van der Waals surface area contributed by atoms with Crippen LogP contribution in [0, 0.1) is 6.08 Å². The Morgan fingerprint density at radius 1 is 0.800 bits per heavy atom. The van der Waals surface area contributed by atoms with Crippen molar-refractivity contribution in [1.82, 2.24) is 0 Å². The zero-order valence-corrected chi connectivity index (χ0v) is 8.92. The van der Waals surface area contributed by atoms with Crippen molar-refractivity contribution < 1.29 is 0 Å². The topological polar surface area (TPSA) is 0 Å². The van der Waals surface area contributed by atoms with Crippen LogP contribution in [0.1, 0.15) is 5.56 Å². The van der Waals surface area contributed by atoms with Gasteiger partial charge in [0.05, 0.1) is 0 Å². The average Bonchev–Trinajstić information content (AvgIpc) is 2.48. The number of hydrogen-bond acceptors (Lipinski definition) is 1. The summed E-state index contributed by atoms with van der Waals surface area (Å²) in [4.78, 5) is 1.30. The number of thioether (sulfide) groups is 1. The minimum absolute atomic E-state index is 1.18. The maximum absolute atomic E-state index is 3.31. The van der Waals surface area contributed by atoms with Crippen LogP contribution >= 0.6 is 11.8 Å². The Hall–Kier alpha value is -1.47. The van der Waals surface area contributed by atoms with Crippen molar-refractivity contribution >= 4 is 11.8 Å². The van der Waals surface area contributed by atoms with Crippen LogP contribution in [0.15, 0.2) is 58.8 Å². The van der Waals surface area contributed by atoms with Crippen molar-refractivity contribution in [3.63, 3.8) is 0 Å². The fraction of sp³-hybridized carbons (Fsp3) is 0. The summed E-state index contributed by atoms with van der Waals surface area (Å²) in [5.74, 6) is 0. The van der Waals surface area contributed by atoms with Crippen molar-refractivity contribution in [2.75, 3.05) is 0 Å². The standard InChI is InChI=1S/C14H9S/c1-2-6-12-11(5-1)9-10-15-14-8-4-3-7-13(12)14/h1-8,10H. The molecule has 0 nitrogen and oxygen atoms in total. The molecule has 15 heavy (non-hydrogen) atoms. The van der Waals surface area contributed by atoms with E-state index in [0.29, 0.717) is 0 Å². The fourth-order valence-electron chi connectivity index (χ4n) is 1.79. The van der Waals surface area contributed by atoms with Crippen molar-refractivity contribution in [3.05, 3.63) is 65.6 Å². The van der Waals surface area contributed by atoms with Gasteiger partial charge in [-0.2, -0.15) is 0 Å². The molecule has 1 heterocycles. The molecule has 0 aromatic heterocycles. The van der Waals surface area contributed by atoms with Crippen LogP contribution in [0.3, 0.4) is 0 Å². The maximum atomic E-state index is 3.31. The van der Waals surface area contributed by atoms with Crippen molar-refractivity contribution in [1.29, 1.82) is 0 Å². The lowest BCUT2D eigenvalue weighted by Gasteiger charge is -2.07. The lowest BCUT2D eigenvalue weighted by Crippen LogP contribution is -1.83. The summed E-state index contributed by atoms with van der Waals surface area (Å²) in [5.41, 5.74) is 3.75. The third-order valence-corrected chi connectivity index (χ3v) is 3.35. The molecule has 2 aromatic carbocycles. The van der Waals surface area contributed by atoms with Gasteiger partial charge in [0.2, 0.25) is 0 Å². The van der Waals surface area contributed by atoms with Gasteiger partial charge < -0.3 is 0 Å². The molecular weight excluding hydrogens is 200 g/mol. The van der Waals surface area contributed by atoms with Crippen LogP contribution in [0.2, 0.25) is 0 Å². The van der Waals surface area contributed by atoms with Crippen LogP contribution in [0.5, 0.6) is 0 Å². The van der Waals surface area contributed by atoms with E-state index in [2.05, 4.69) is 54.6 Å². The summed E-state index contributed by atoms with van der Waals surface area (Å²) in [5, 5.41) is 2.03. The number of benzene rings is 2. The van der Waals surface area contributed by atoms with Gasteiger partial charge in [0, 0.05) is 4.90 Å². The van der Waals surface area contributed by atoms with Gasteiger partial charge >= 0.3 is 0 Å². The normalized spacial score (nSPS) is 12.8. The first-order valence-corrected chi connectivity index (χ1v) is 5.76. The maximum Gasteiger partial charge on any atom is 0.0195 e. The third-order valence-electron chi connectivity index (χ3n) is 2.50. The molecule has 3 rings (SSSR count). The quantitative estimate of drug-likeness (QED) is 0.628. The first kappa shape index (κ1) is 8.81. The number of hydrogen-bond donors (Lipinski definition) is 0. The largest absolute Gasteiger partial charge is 0.0968 e. The van der Waals surface area contributed by atoms with Crippen LogP contribution < -0.4 is 0 Å². The highest BCUT2D eigenvalue weighted by atomic mass is 32.2. The van der Waals surface area contributed by atoms with Gasteiger partial charge in [0.15, 0.2) is 0 Å². The van der Waals surface area contributed by atoms with Gasteiger partial charge in [-0.25, -0.2) is 0 Å². The van der Waals surface area contributed by atoms with Gasteiger partial charge in [-0.15, -0.1) is 0 Å². The van der Waals surface area contributed by atoms with Gasteiger partial charge in [-0.1, -0.05) is 54.2 Å². The second-order valence-electron chi connectivity index (χ2n) is 3.42. The molecule has 0 aliphatic carbocycles. The second-order valence-corrected chi connectivity index (χ2v) is 4.33. The van der Waals surface area contributed by atoms with Crippen molar-refractivity contribution in [3.8, 4) is 11.1 Å². The molecule has 0 saturated heterocycles. The molecule has 1 heteroatoms. The lowest BCUT2D eigenvalue weighted by molar-refractivity contribution is 1.44. The molecule has 0 spiro atoms. The second kappa shape index (κ2) is 3.59. The molecule has 1 aliphatic rings. The van der Waals surface area contributed by atoms with Crippen LogP contribution in [-0.4, -0.2) is 0 Å². The zero-order valence-electron chi connectivity index (χ0n) is 8.10. The highest BCUT2D eigenvalue weighted by Gasteiger charge is 2.09. The first-order valence-electron chi connectivity index (χ1n) is 4.88. The van der Waals surface area contributed by atoms with Crippen LogP contribution in [-0.2, 0) is 0 Å². The average molecular weight is 209 g/mol. The van der Waals surface area contributed by atoms with Gasteiger partial charge in [0.1, 0.15) is 0 Å². The fourth-order valence-corrected chi connectivity index (χ4v) is 2.57. The Kier molecular flexibility index (Phi) is 2.11. The van der Waals surface area contributed by atoms with E-state index < -0.39 is 0 Å². The monoisotopic (exact) mass is 209 g/mol. The summed E-state index contributed by atoms with van der Waals surface area (Å²) >= 11 is 1.73. The van der Waals surface area contributed by atoms with Crippen molar-refractivity contribution in [2.24, 2.45) is 0 Å². The molecule has 0 N–H and O–H groups in total. The molecule has 0 amide bonds. The minimum atomic E-state index is 1.18. The number of fused-ring (bicyclic) bond motifs is 3. The van der Waals surface area contributed by atoms with E-state index >= 15 is 0 Å². The summed E-state index contributed by atoms with van der Waals surface area (Å²) < 4.78 is 0. The molecule has 2 aromatic rings. The van der Waals surface area contributed by atoms with Crippen molar-refractivity contribution in [2.45, 2.75) is 4.90 Å². The molecule has 0 bridgehead atoms. The minimum Gasteiger partial charge on any atom is -0.0968 e. The molecular formula is C14H9S. The SMILES string of the molecule is [C]1=CSc2ccccc2-c2ccccc21.